The Kier molecular flexibility index (Phi) is 5.71. The highest BCUT2D eigenvalue weighted by molar-refractivity contribution is 5.99. The lowest BCUT2D eigenvalue weighted by Gasteiger charge is -2.09. The minimum absolute atomic E-state index is 0.0548. The van der Waals surface area contributed by atoms with E-state index in [2.05, 4.69) is 25.6 Å². The lowest BCUT2D eigenvalue weighted by molar-refractivity contribution is -0.119. The van der Waals surface area contributed by atoms with Crippen LogP contribution < -0.4 is 15.4 Å². The quantitative estimate of drug-likeness (QED) is 0.371. The number of imidazole rings is 1. The Hall–Kier alpha value is -4.40. The summed E-state index contributed by atoms with van der Waals surface area (Å²) in [6.45, 7) is -0.111. The third-order valence-corrected chi connectivity index (χ3v) is 4.96. The molecule has 0 aliphatic heterocycles. The summed E-state index contributed by atoms with van der Waals surface area (Å²) in [5, 5.41) is 15.5. The molecule has 0 spiro atoms. The Bertz CT molecular complexity index is 1310. The van der Waals surface area contributed by atoms with Gasteiger partial charge in [-0.25, -0.2) is 9.97 Å². The van der Waals surface area contributed by atoms with Crippen molar-refractivity contribution in [3.63, 3.8) is 0 Å². The first kappa shape index (κ1) is 20.9. The van der Waals surface area contributed by atoms with Gasteiger partial charge in [0.2, 0.25) is 11.8 Å². The Morgan fingerprint density at radius 3 is 2.75 bits per heavy atom. The Morgan fingerprint density at radius 2 is 1.97 bits per heavy atom. The first-order chi connectivity index (χ1) is 15.5. The van der Waals surface area contributed by atoms with E-state index < -0.39 is 0 Å². The first-order valence-electron chi connectivity index (χ1n) is 9.81. The highest BCUT2D eigenvalue weighted by Gasteiger charge is 2.15. The van der Waals surface area contributed by atoms with Crippen LogP contribution in [0.3, 0.4) is 0 Å². The van der Waals surface area contributed by atoms with Crippen molar-refractivity contribution in [3.8, 4) is 34.1 Å². The molecule has 2 aromatic heterocycles. The van der Waals surface area contributed by atoms with Crippen molar-refractivity contribution in [1.82, 2.24) is 25.6 Å². The maximum atomic E-state index is 12.3. The van der Waals surface area contributed by atoms with Crippen molar-refractivity contribution >= 4 is 22.8 Å². The second-order valence-corrected chi connectivity index (χ2v) is 6.97. The lowest BCUT2D eigenvalue weighted by Crippen LogP contribution is -2.35. The van der Waals surface area contributed by atoms with Crippen molar-refractivity contribution in [1.29, 1.82) is 0 Å². The van der Waals surface area contributed by atoms with Crippen LogP contribution in [0.2, 0.25) is 0 Å². The molecule has 4 N–H and O–H groups in total. The molecule has 0 aliphatic rings. The van der Waals surface area contributed by atoms with E-state index in [1.165, 1.54) is 7.05 Å². The summed E-state index contributed by atoms with van der Waals surface area (Å²) in [6, 6.07) is 13.8. The molecule has 2 heterocycles. The maximum absolute atomic E-state index is 12.3. The van der Waals surface area contributed by atoms with E-state index in [1.807, 2.05) is 12.1 Å². The normalized spacial score (nSPS) is 10.7. The summed E-state index contributed by atoms with van der Waals surface area (Å²) in [7, 11) is 3.05. The van der Waals surface area contributed by atoms with Crippen LogP contribution in [0.25, 0.3) is 33.5 Å². The summed E-state index contributed by atoms with van der Waals surface area (Å²) in [5.41, 5.74) is 3.72. The average molecular weight is 431 g/mol. The standard InChI is InChI=1S/C23H21N5O4/c1-24-20(30)12-26-22(31)14-5-7-17-18(11-14)28-21(27-17)16-10-13(6-8-19(16)29)15-4-3-9-25-23(15)32-2/h3-11,29H,12H2,1-2H3,(H,24,30)(H,26,31)(H,27,28). The van der Waals surface area contributed by atoms with Gasteiger partial charge >= 0.3 is 0 Å². The number of fused-ring (bicyclic) bond motifs is 1. The van der Waals surface area contributed by atoms with Crippen molar-refractivity contribution in [2.24, 2.45) is 0 Å². The number of hydrogen-bond acceptors (Lipinski definition) is 6. The number of aromatic hydroxyl groups is 1. The summed E-state index contributed by atoms with van der Waals surface area (Å²) in [6.07, 6.45) is 1.64. The van der Waals surface area contributed by atoms with Crippen LogP contribution in [0, 0.1) is 0 Å². The third kappa shape index (κ3) is 4.08. The molecule has 32 heavy (non-hydrogen) atoms. The number of ether oxygens (including phenoxy) is 1. The van der Waals surface area contributed by atoms with Crippen molar-refractivity contribution in [2.75, 3.05) is 20.7 Å². The molecule has 9 nitrogen and oxygen atoms in total. The monoisotopic (exact) mass is 431 g/mol. The van der Waals surface area contributed by atoms with E-state index in [9.17, 15) is 14.7 Å². The molecule has 0 saturated carbocycles. The van der Waals surface area contributed by atoms with Gasteiger partial charge in [-0.05, 0) is 48.0 Å². The van der Waals surface area contributed by atoms with Gasteiger partial charge < -0.3 is 25.5 Å². The molecule has 4 aromatic rings. The van der Waals surface area contributed by atoms with Gasteiger partial charge in [0.05, 0.1) is 30.3 Å². The summed E-state index contributed by atoms with van der Waals surface area (Å²) < 4.78 is 5.34. The topological polar surface area (TPSA) is 129 Å². The zero-order chi connectivity index (χ0) is 22.7. The number of H-pyrrole nitrogens is 1. The second kappa shape index (κ2) is 8.76. The molecule has 0 aliphatic carbocycles. The fourth-order valence-electron chi connectivity index (χ4n) is 3.30. The third-order valence-electron chi connectivity index (χ3n) is 4.96. The number of rotatable bonds is 6. The van der Waals surface area contributed by atoms with E-state index in [-0.39, 0.29) is 24.1 Å². The molecule has 162 valence electrons. The van der Waals surface area contributed by atoms with Crippen LogP contribution in [-0.4, -0.2) is 52.6 Å². The van der Waals surface area contributed by atoms with Gasteiger partial charge in [0, 0.05) is 24.4 Å². The molecule has 0 unspecified atom stereocenters. The number of aromatic nitrogens is 3. The van der Waals surface area contributed by atoms with E-state index in [4.69, 9.17) is 4.74 Å². The number of likely N-dealkylation sites (N-methyl/N-ethyl adjacent to an activating group) is 1. The molecule has 0 radical (unpaired) electrons. The predicted molar refractivity (Wildman–Crippen MR) is 119 cm³/mol. The van der Waals surface area contributed by atoms with Crippen molar-refractivity contribution in [3.05, 3.63) is 60.3 Å². The zero-order valence-corrected chi connectivity index (χ0v) is 17.5. The van der Waals surface area contributed by atoms with Crippen LogP contribution >= 0.6 is 0 Å². The molecule has 0 fully saturated rings. The van der Waals surface area contributed by atoms with Crippen molar-refractivity contribution < 1.29 is 19.4 Å². The van der Waals surface area contributed by atoms with Crippen LogP contribution in [-0.2, 0) is 4.79 Å². The summed E-state index contributed by atoms with van der Waals surface area (Å²) >= 11 is 0. The van der Waals surface area contributed by atoms with Crippen molar-refractivity contribution in [2.45, 2.75) is 0 Å². The van der Waals surface area contributed by atoms with Gasteiger partial charge in [-0.1, -0.05) is 6.07 Å². The van der Waals surface area contributed by atoms with Gasteiger partial charge in [0.1, 0.15) is 11.6 Å². The summed E-state index contributed by atoms with van der Waals surface area (Å²) in [4.78, 5) is 35.6. The van der Waals surface area contributed by atoms with Crippen LogP contribution in [0.4, 0.5) is 0 Å². The Balaban J connectivity index is 1.68. The SMILES string of the molecule is CNC(=O)CNC(=O)c1ccc2nc(-c3cc(-c4cccnc4OC)ccc3O)[nH]c2c1. The number of phenolic OH excluding ortho intramolecular Hbond substituents is 1. The van der Waals surface area contributed by atoms with E-state index >= 15 is 0 Å². The zero-order valence-electron chi connectivity index (χ0n) is 17.5. The molecule has 0 saturated heterocycles. The molecule has 0 atom stereocenters. The fraction of sp³-hybridized carbons (Fsp3) is 0.130. The largest absolute Gasteiger partial charge is 0.507 e. The number of carbonyl (C=O) groups is 2. The summed E-state index contributed by atoms with van der Waals surface area (Å²) in [5.74, 6) is 0.314. The molecule has 4 rings (SSSR count). The number of nitrogens with one attached hydrogen (secondary N) is 3. The van der Waals surface area contributed by atoms with E-state index in [0.29, 0.717) is 33.9 Å². The molecule has 2 amide bonds. The number of phenols is 1. The Labute approximate surface area is 183 Å². The number of pyridine rings is 1. The van der Waals surface area contributed by atoms with Gasteiger partial charge in [-0.15, -0.1) is 0 Å². The molecular weight excluding hydrogens is 410 g/mol. The van der Waals surface area contributed by atoms with Crippen LogP contribution in [0.15, 0.2) is 54.7 Å². The predicted octanol–water partition coefficient (Wildman–Crippen LogP) is 2.48. The number of carbonyl (C=O) groups excluding carboxylic acids is 2. The second-order valence-electron chi connectivity index (χ2n) is 6.97. The first-order valence-corrected chi connectivity index (χ1v) is 9.81. The number of hydrogen-bond donors (Lipinski definition) is 4. The lowest BCUT2D eigenvalue weighted by atomic mass is 10.0. The van der Waals surface area contributed by atoms with Gasteiger partial charge in [0.25, 0.3) is 5.91 Å². The van der Waals surface area contributed by atoms with Gasteiger partial charge in [-0.3, -0.25) is 9.59 Å². The number of aromatic amines is 1. The van der Waals surface area contributed by atoms with E-state index in [1.54, 1.807) is 49.7 Å². The number of methoxy groups -OCH3 is 1. The highest BCUT2D eigenvalue weighted by atomic mass is 16.5. The molecule has 9 heteroatoms. The average Bonchev–Trinajstić information content (AvgIpc) is 3.25. The smallest absolute Gasteiger partial charge is 0.251 e. The van der Waals surface area contributed by atoms with Gasteiger partial charge in [-0.2, -0.15) is 0 Å². The maximum Gasteiger partial charge on any atom is 0.251 e. The van der Waals surface area contributed by atoms with Gasteiger partial charge in [0.15, 0.2) is 0 Å². The highest BCUT2D eigenvalue weighted by Crippen LogP contribution is 2.35. The Morgan fingerprint density at radius 1 is 1.12 bits per heavy atom. The number of amides is 2. The molecular formula is C23H21N5O4. The molecule has 0 bridgehead atoms. The number of benzene rings is 2. The van der Waals surface area contributed by atoms with Crippen LogP contribution in [0.1, 0.15) is 10.4 Å². The number of nitrogens with zero attached hydrogens (tertiary/aromatic N) is 2. The molecule has 2 aromatic carbocycles. The minimum atomic E-state index is -0.375. The van der Waals surface area contributed by atoms with E-state index in [0.717, 1.165) is 11.1 Å². The van der Waals surface area contributed by atoms with Crippen LogP contribution in [0.5, 0.6) is 11.6 Å². The minimum Gasteiger partial charge on any atom is -0.507 e. The fourth-order valence-corrected chi connectivity index (χ4v) is 3.30.